The maximum Gasteiger partial charge on any atom is 0.129 e. The van der Waals surface area contributed by atoms with Gasteiger partial charge in [-0.3, -0.25) is 0 Å². The van der Waals surface area contributed by atoms with Gasteiger partial charge in [0.05, 0.1) is 0 Å². The van der Waals surface area contributed by atoms with E-state index in [1.165, 1.54) is 19.3 Å². The lowest BCUT2D eigenvalue weighted by Crippen LogP contribution is -2.19. The molecule has 15 heavy (non-hydrogen) atoms. The van der Waals surface area contributed by atoms with Gasteiger partial charge < -0.3 is 5.32 Å². The van der Waals surface area contributed by atoms with E-state index in [0.717, 1.165) is 18.2 Å². The molecule has 1 aliphatic rings. The van der Waals surface area contributed by atoms with Crippen LogP contribution in [0.2, 0.25) is 0 Å². The second-order valence-electron chi connectivity index (χ2n) is 4.08. The van der Waals surface area contributed by atoms with Gasteiger partial charge in [-0.25, -0.2) is 9.97 Å². The summed E-state index contributed by atoms with van der Waals surface area (Å²) in [6.07, 6.45) is 7.20. The van der Waals surface area contributed by atoms with Gasteiger partial charge in [-0.2, -0.15) is 0 Å². The topological polar surface area (TPSA) is 37.8 Å². The molecule has 0 amide bonds. The summed E-state index contributed by atoms with van der Waals surface area (Å²) in [6, 6.07) is 1.89. The van der Waals surface area contributed by atoms with Crippen LogP contribution in [-0.4, -0.2) is 22.4 Å². The quantitative estimate of drug-likeness (QED) is 0.801. The fourth-order valence-corrected chi connectivity index (χ4v) is 2.62. The van der Waals surface area contributed by atoms with Gasteiger partial charge in [0.2, 0.25) is 0 Å². The normalized spacial score (nSPS) is 25.4. The molecule has 0 aliphatic heterocycles. The zero-order valence-electron chi connectivity index (χ0n) is 8.69. The van der Waals surface area contributed by atoms with Crippen LogP contribution in [0.3, 0.4) is 0 Å². The van der Waals surface area contributed by atoms with E-state index in [4.69, 9.17) is 11.6 Å². The molecule has 0 radical (unpaired) electrons. The molecule has 1 aromatic heterocycles. The number of alkyl halides is 1. The van der Waals surface area contributed by atoms with Crippen molar-refractivity contribution in [3.8, 4) is 0 Å². The molecule has 2 unspecified atom stereocenters. The van der Waals surface area contributed by atoms with Crippen molar-refractivity contribution in [3.05, 3.63) is 18.6 Å². The van der Waals surface area contributed by atoms with E-state index in [0.29, 0.717) is 11.8 Å². The van der Waals surface area contributed by atoms with Gasteiger partial charge in [-0.1, -0.05) is 6.42 Å². The lowest BCUT2D eigenvalue weighted by atomic mass is 9.98. The van der Waals surface area contributed by atoms with Crippen molar-refractivity contribution in [2.24, 2.45) is 11.8 Å². The monoisotopic (exact) mass is 225 g/mol. The maximum absolute atomic E-state index is 5.93. The number of nitrogens with one attached hydrogen (secondary N) is 1. The second kappa shape index (κ2) is 5.31. The zero-order chi connectivity index (χ0) is 10.5. The van der Waals surface area contributed by atoms with Crippen LogP contribution in [-0.2, 0) is 0 Å². The molecule has 1 N–H and O–H groups in total. The van der Waals surface area contributed by atoms with Crippen molar-refractivity contribution in [1.82, 2.24) is 9.97 Å². The van der Waals surface area contributed by atoms with Gasteiger partial charge in [0, 0.05) is 18.6 Å². The predicted octanol–water partition coefficient (Wildman–Crippen LogP) is 2.54. The Balaban J connectivity index is 1.83. The molecule has 0 aromatic carbocycles. The van der Waals surface area contributed by atoms with Crippen LogP contribution in [0.15, 0.2) is 18.6 Å². The van der Waals surface area contributed by atoms with Crippen LogP contribution in [0.25, 0.3) is 0 Å². The number of anilines is 1. The van der Waals surface area contributed by atoms with Crippen molar-refractivity contribution in [2.45, 2.75) is 19.3 Å². The Kier molecular flexibility index (Phi) is 3.78. The molecule has 1 aliphatic carbocycles. The molecule has 2 rings (SSSR count). The highest BCUT2D eigenvalue weighted by Crippen LogP contribution is 2.32. The lowest BCUT2D eigenvalue weighted by molar-refractivity contribution is 0.444. The molecular formula is C11H16ClN3. The van der Waals surface area contributed by atoms with Gasteiger partial charge in [0.15, 0.2) is 0 Å². The highest BCUT2D eigenvalue weighted by Gasteiger charge is 2.25. The predicted molar refractivity (Wildman–Crippen MR) is 62.1 cm³/mol. The highest BCUT2D eigenvalue weighted by molar-refractivity contribution is 6.18. The summed E-state index contributed by atoms with van der Waals surface area (Å²) in [4.78, 5) is 8.02. The summed E-state index contributed by atoms with van der Waals surface area (Å²) in [7, 11) is 0. The number of aromatic nitrogens is 2. The van der Waals surface area contributed by atoms with Crippen molar-refractivity contribution in [3.63, 3.8) is 0 Å². The Morgan fingerprint density at radius 1 is 1.40 bits per heavy atom. The van der Waals surface area contributed by atoms with Crippen LogP contribution < -0.4 is 5.32 Å². The number of halogens is 1. The van der Waals surface area contributed by atoms with Crippen molar-refractivity contribution in [2.75, 3.05) is 17.7 Å². The molecule has 1 heterocycles. The number of rotatable bonds is 4. The minimum absolute atomic E-state index is 0.681. The Morgan fingerprint density at radius 3 is 3.00 bits per heavy atom. The summed E-state index contributed by atoms with van der Waals surface area (Å²) in [5.41, 5.74) is 0. The van der Waals surface area contributed by atoms with E-state index in [1.54, 1.807) is 12.5 Å². The first-order valence-electron chi connectivity index (χ1n) is 5.46. The third-order valence-corrected chi connectivity index (χ3v) is 3.54. The van der Waals surface area contributed by atoms with Crippen LogP contribution in [0.1, 0.15) is 19.3 Å². The van der Waals surface area contributed by atoms with Gasteiger partial charge in [0.25, 0.3) is 0 Å². The van der Waals surface area contributed by atoms with Crippen LogP contribution in [0, 0.1) is 11.8 Å². The summed E-state index contributed by atoms with van der Waals surface area (Å²) in [5, 5.41) is 3.34. The van der Waals surface area contributed by atoms with Crippen molar-refractivity contribution < 1.29 is 0 Å². The molecular weight excluding hydrogens is 210 g/mol. The van der Waals surface area contributed by atoms with E-state index >= 15 is 0 Å². The SMILES string of the molecule is ClCC1CCCC1CNc1ccncn1. The number of hydrogen-bond acceptors (Lipinski definition) is 3. The molecule has 2 atom stereocenters. The van der Waals surface area contributed by atoms with Crippen LogP contribution in [0.5, 0.6) is 0 Å². The molecule has 0 spiro atoms. The Bertz CT molecular complexity index is 291. The van der Waals surface area contributed by atoms with E-state index in [9.17, 15) is 0 Å². The largest absolute Gasteiger partial charge is 0.370 e. The number of nitrogens with zero attached hydrogens (tertiary/aromatic N) is 2. The van der Waals surface area contributed by atoms with Crippen LogP contribution in [0.4, 0.5) is 5.82 Å². The van der Waals surface area contributed by atoms with Crippen LogP contribution >= 0.6 is 11.6 Å². The van der Waals surface area contributed by atoms with Crippen molar-refractivity contribution >= 4 is 17.4 Å². The molecule has 1 saturated carbocycles. The fraction of sp³-hybridized carbons (Fsp3) is 0.636. The van der Waals surface area contributed by atoms with E-state index in [1.807, 2.05) is 6.07 Å². The summed E-state index contributed by atoms with van der Waals surface area (Å²) in [5.74, 6) is 3.08. The second-order valence-corrected chi connectivity index (χ2v) is 4.39. The molecule has 3 nitrogen and oxygen atoms in total. The lowest BCUT2D eigenvalue weighted by Gasteiger charge is -2.17. The standard InChI is InChI=1S/C11H16ClN3/c12-6-9-2-1-3-10(9)7-14-11-4-5-13-8-15-11/h4-5,8-10H,1-3,6-7H2,(H,13,14,15). The molecule has 0 saturated heterocycles. The van der Waals surface area contributed by atoms with Gasteiger partial charge >= 0.3 is 0 Å². The average Bonchev–Trinajstić information content (AvgIpc) is 2.75. The molecule has 4 heteroatoms. The van der Waals surface area contributed by atoms with Gasteiger partial charge in [-0.05, 0) is 30.7 Å². The van der Waals surface area contributed by atoms with Crippen molar-refractivity contribution in [1.29, 1.82) is 0 Å². The smallest absolute Gasteiger partial charge is 0.129 e. The minimum Gasteiger partial charge on any atom is -0.370 e. The third-order valence-electron chi connectivity index (χ3n) is 3.14. The molecule has 1 aromatic rings. The highest BCUT2D eigenvalue weighted by atomic mass is 35.5. The molecule has 1 fully saturated rings. The molecule has 0 bridgehead atoms. The summed E-state index contributed by atoms with van der Waals surface area (Å²) < 4.78 is 0. The Labute approximate surface area is 95.3 Å². The maximum atomic E-state index is 5.93. The minimum atomic E-state index is 0.681. The van der Waals surface area contributed by atoms with E-state index < -0.39 is 0 Å². The Morgan fingerprint density at radius 2 is 2.27 bits per heavy atom. The summed E-state index contributed by atoms with van der Waals surface area (Å²) in [6.45, 7) is 0.981. The fourth-order valence-electron chi connectivity index (χ4n) is 2.22. The van der Waals surface area contributed by atoms with E-state index in [-0.39, 0.29) is 0 Å². The Hall–Kier alpha value is -0.830. The average molecular weight is 226 g/mol. The van der Waals surface area contributed by atoms with Gasteiger partial charge in [-0.15, -0.1) is 11.6 Å². The zero-order valence-corrected chi connectivity index (χ0v) is 9.45. The number of hydrogen-bond donors (Lipinski definition) is 1. The first-order chi connectivity index (χ1) is 7.40. The van der Waals surface area contributed by atoms with E-state index in [2.05, 4.69) is 15.3 Å². The molecule has 82 valence electrons. The first kappa shape index (κ1) is 10.7. The third kappa shape index (κ3) is 2.81. The van der Waals surface area contributed by atoms with Gasteiger partial charge in [0.1, 0.15) is 12.1 Å². The first-order valence-corrected chi connectivity index (χ1v) is 5.99. The summed E-state index contributed by atoms with van der Waals surface area (Å²) >= 11 is 5.93.